The second-order valence-electron chi connectivity index (χ2n) is 3.98. The third-order valence-electron chi connectivity index (χ3n) is 2.59. The molecule has 0 saturated heterocycles. The first kappa shape index (κ1) is 16.1. The fourth-order valence-corrected chi connectivity index (χ4v) is 2.02. The number of hydrogen-bond acceptors (Lipinski definition) is 5. The summed E-state index contributed by atoms with van der Waals surface area (Å²) in [6.07, 6.45) is 0. The van der Waals surface area contributed by atoms with E-state index in [0.717, 1.165) is 6.07 Å². The smallest absolute Gasteiger partial charge is 0.270 e. The summed E-state index contributed by atoms with van der Waals surface area (Å²) in [4.78, 5) is 23.3. The Kier molecular flexibility index (Phi) is 5.17. The molecule has 0 aromatic heterocycles. The van der Waals surface area contributed by atoms with Crippen LogP contribution in [0.15, 0.2) is 24.3 Å². The van der Waals surface area contributed by atoms with Gasteiger partial charge in [-0.3, -0.25) is 19.5 Å². The van der Waals surface area contributed by atoms with Crippen LogP contribution in [0.5, 0.6) is 0 Å². The largest absolute Gasteiger partial charge is 0.338 e. The number of carbonyl (C=O) groups is 1. The number of hydrogen-bond donors (Lipinski definition) is 1. The van der Waals surface area contributed by atoms with E-state index >= 15 is 0 Å². The van der Waals surface area contributed by atoms with Gasteiger partial charge in [-0.05, 0) is 13.0 Å². The SMILES string of the molecule is CCN(CCS(=O)(=O)O)C(=O)c1cccc([N+](=O)[O-])c1. The molecule has 1 rings (SSSR count). The summed E-state index contributed by atoms with van der Waals surface area (Å²) in [6.45, 7) is 1.67. The van der Waals surface area contributed by atoms with E-state index in [1.807, 2.05) is 0 Å². The van der Waals surface area contributed by atoms with Crippen LogP contribution in [0.1, 0.15) is 17.3 Å². The molecule has 110 valence electrons. The third kappa shape index (κ3) is 4.59. The second-order valence-corrected chi connectivity index (χ2v) is 5.55. The van der Waals surface area contributed by atoms with Crippen molar-refractivity contribution in [1.29, 1.82) is 0 Å². The lowest BCUT2D eigenvalue weighted by Crippen LogP contribution is -2.34. The van der Waals surface area contributed by atoms with E-state index in [1.54, 1.807) is 6.92 Å². The zero-order chi connectivity index (χ0) is 15.3. The van der Waals surface area contributed by atoms with Crippen molar-refractivity contribution < 1.29 is 22.7 Å². The van der Waals surface area contributed by atoms with E-state index in [-0.39, 0.29) is 24.3 Å². The Labute approximate surface area is 115 Å². The van der Waals surface area contributed by atoms with Crippen LogP contribution in [0.2, 0.25) is 0 Å². The molecule has 1 N–H and O–H groups in total. The van der Waals surface area contributed by atoms with Gasteiger partial charge in [-0.1, -0.05) is 6.07 Å². The molecule has 0 aliphatic rings. The van der Waals surface area contributed by atoms with Crippen LogP contribution in [0.3, 0.4) is 0 Å². The van der Waals surface area contributed by atoms with Crippen molar-refractivity contribution in [2.45, 2.75) is 6.92 Å². The van der Waals surface area contributed by atoms with Crippen LogP contribution >= 0.6 is 0 Å². The highest BCUT2D eigenvalue weighted by Gasteiger charge is 2.18. The van der Waals surface area contributed by atoms with Gasteiger partial charge >= 0.3 is 0 Å². The van der Waals surface area contributed by atoms with E-state index in [9.17, 15) is 23.3 Å². The Hall–Kier alpha value is -2.00. The molecular formula is C11H14N2O6S. The summed E-state index contributed by atoms with van der Waals surface area (Å²) in [6, 6.07) is 5.16. The first-order chi connectivity index (χ1) is 9.24. The number of rotatable bonds is 6. The minimum atomic E-state index is -4.17. The lowest BCUT2D eigenvalue weighted by atomic mass is 10.2. The lowest BCUT2D eigenvalue weighted by Gasteiger charge is -2.20. The van der Waals surface area contributed by atoms with Crippen molar-refractivity contribution >= 4 is 21.7 Å². The molecule has 0 radical (unpaired) electrons. The molecule has 9 heteroatoms. The number of non-ortho nitro benzene ring substituents is 1. The Balaban J connectivity index is 2.91. The van der Waals surface area contributed by atoms with Crippen LogP contribution in [0.25, 0.3) is 0 Å². The van der Waals surface area contributed by atoms with Crippen LogP contribution < -0.4 is 0 Å². The summed E-state index contributed by atoms with van der Waals surface area (Å²) < 4.78 is 30.0. The van der Waals surface area contributed by atoms with Gasteiger partial charge in [0.25, 0.3) is 21.7 Å². The second kappa shape index (κ2) is 6.44. The van der Waals surface area contributed by atoms with Gasteiger partial charge in [0.1, 0.15) is 0 Å². The molecule has 8 nitrogen and oxygen atoms in total. The molecule has 1 aromatic rings. The maximum atomic E-state index is 12.1. The predicted molar refractivity (Wildman–Crippen MR) is 71.1 cm³/mol. The summed E-state index contributed by atoms with van der Waals surface area (Å²) >= 11 is 0. The molecule has 0 heterocycles. The van der Waals surface area contributed by atoms with Gasteiger partial charge in [-0.2, -0.15) is 8.42 Å². The Bertz CT molecular complexity index is 613. The molecule has 20 heavy (non-hydrogen) atoms. The Morgan fingerprint density at radius 2 is 2.10 bits per heavy atom. The summed E-state index contributed by atoms with van der Waals surface area (Å²) in [5, 5.41) is 10.6. The molecule has 1 amide bonds. The number of nitrogens with zero attached hydrogens (tertiary/aromatic N) is 2. The predicted octanol–water partition coefficient (Wildman–Crippen LogP) is 0.945. The maximum absolute atomic E-state index is 12.1. The van der Waals surface area contributed by atoms with Crippen molar-refractivity contribution in [3.8, 4) is 0 Å². The minimum Gasteiger partial charge on any atom is -0.338 e. The Morgan fingerprint density at radius 3 is 2.60 bits per heavy atom. The fraction of sp³-hybridized carbons (Fsp3) is 0.364. The van der Waals surface area contributed by atoms with Crippen molar-refractivity contribution in [3.05, 3.63) is 39.9 Å². The number of nitro groups is 1. The normalized spacial score (nSPS) is 11.1. The lowest BCUT2D eigenvalue weighted by molar-refractivity contribution is -0.384. The Morgan fingerprint density at radius 1 is 1.45 bits per heavy atom. The van der Waals surface area contributed by atoms with Gasteiger partial charge in [-0.25, -0.2) is 0 Å². The molecular weight excluding hydrogens is 288 g/mol. The van der Waals surface area contributed by atoms with Gasteiger partial charge in [0.15, 0.2) is 0 Å². The maximum Gasteiger partial charge on any atom is 0.270 e. The van der Waals surface area contributed by atoms with E-state index in [4.69, 9.17) is 4.55 Å². The molecule has 0 bridgehead atoms. The van der Waals surface area contributed by atoms with Crippen molar-refractivity contribution in [1.82, 2.24) is 4.90 Å². The van der Waals surface area contributed by atoms with Gasteiger partial charge < -0.3 is 4.90 Å². The molecule has 0 unspecified atom stereocenters. The highest BCUT2D eigenvalue weighted by molar-refractivity contribution is 7.85. The first-order valence-electron chi connectivity index (χ1n) is 5.73. The topological polar surface area (TPSA) is 118 Å². The van der Waals surface area contributed by atoms with Gasteiger partial charge in [-0.15, -0.1) is 0 Å². The molecule has 1 aromatic carbocycles. The third-order valence-corrected chi connectivity index (χ3v) is 3.29. The number of nitro benzene ring substituents is 1. The van der Waals surface area contributed by atoms with Gasteiger partial charge in [0, 0.05) is 30.8 Å². The van der Waals surface area contributed by atoms with E-state index in [1.165, 1.54) is 23.1 Å². The number of carbonyl (C=O) groups excluding carboxylic acids is 1. The number of amides is 1. The molecule has 0 fully saturated rings. The zero-order valence-corrected chi connectivity index (χ0v) is 11.5. The van der Waals surface area contributed by atoms with E-state index in [0.29, 0.717) is 0 Å². The highest BCUT2D eigenvalue weighted by atomic mass is 32.2. The molecule has 0 aliphatic heterocycles. The fourth-order valence-electron chi connectivity index (χ4n) is 1.56. The van der Waals surface area contributed by atoms with Crippen LogP contribution in [0, 0.1) is 10.1 Å². The monoisotopic (exact) mass is 302 g/mol. The summed E-state index contributed by atoms with van der Waals surface area (Å²) in [5.41, 5.74) is -0.127. The van der Waals surface area contributed by atoms with Crippen LogP contribution in [-0.4, -0.2) is 47.5 Å². The standard InChI is InChI=1S/C11H14N2O6S/c1-2-12(6-7-20(17,18)19)11(14)9-4-3-5-10(8-9)13(15)16/h3-5,8H,2,6-7H2,1H3,(H,17,18,19). The van der Waals surface area contributed by atoms with Gasteiger partial charge in [0.2, 0.25) is 0 Å². The van der Waals surface area contributed by atoms with Crippen molar-refractivity contribution in [2.24, 2.45) is 0 Å². The molecule has 0 atom stereocenters. The zero-order valence-electron chi connectivity index (χ0n) is 10.7. The van der Waals surface area contributed by atoms with E-state index in [2.05, 4.69) is 0 Å². The average Bonchev–Trinajstić information content (AvgIpc) is 2.38. The van der Waals surface area contributed by atoms with Crippen LogP contribution in [-0.2, 0) is 10.1 Å². The van der Waals surface area contributed by atoms with Gasteiger partial charge in [0.05, 0.1) is 10.7 Å². The summed E-state index contributed by atoms with van der Waals surface area (Å²) in [5.74, 6) is -1.11. The molecule has 0 spiro atoms. The minimum absolute atomic E-state index is 0.0939. The van der Waals surface area contributed by atoms with Crippen molar-refractivity contribution in [2.75, 3.05) is 18.8 Å². The summed E-state index contributed by atoms with van der Waals surface area (Å²) in [7, 11) is -4.17. The highest BCUT2D eigenvalue weighted by Crippen LogP contribution is 2.14. The first-order valence-corrected chi connectivity index (χ1v) is 7.34. The quantitative estimate of drug-likeness (QED) is 0.474. The average molecular weight is 302 g/mol. The molecule has 0 saturated carbocycles. The van der Waals surface area contributed by atoms with E-state index < -0.39 is 26.7 Å². The van der Waals surface area contributed by atoms with Crippen molar-refractivity contribution in [3.63, 3.8) is 0 Å². The van der Waals surface area contributed by atoms with Crippen LogP contribution in [0.4, 0.5) is 5.69 Å². The number of benzene rings is 1. The molecule has 0 aliphatic carbocycles.